The molecule has 1 aliphatic carbocycles. The van der Waals surface area contributed by atoms with Gasteiger partial charge in [-0.05, 0) is 55.4 Å². The van der Waals surface area contributed by atoms with Crippen LogP contribution in [0.3, 0.4) is 0 Å². The minimum Gasteiger partial charge on any atom is -0.486 e. The van der Waals surface area contributed by atoms with Gasteiger partial charge in [0.2, 0.25) is 5.91 Å². The van der Waals surface area contributed by atoms with Crippen LogP contribution in [0.5, 0.6) is 5.75 Å². The van der Waals surface area contributed by atoms with Gasteiger partial charge >= 0.3 is 0 Å². The number of aromatic nitrogens is 3. The average Bonchev–Trinajstić information content (AvgIpc) is 3.32. The van der Waals surface area contributed by atoms with Gasteiger partial charge in [-0.2, -0.15) is 5.26 Å². The second-order valence-electron chi connectivity index (χ2n) is 8.30. The molecule has 35 heavy (non-hydrogen) atoms. The first-order chi connectivity index (χ1) is 17.1. The highest BCUT2D eigenvalue weighted by Gasteiger charge is 2.21. The molecule has 0 atom stereocenters. The number of thioether (sulfide) groups is 1. The Morgan fingerprint density at radius 2 is 2.09 bits per heavy atom. The van der Waals surface area contributed by atoms with Gasteiger partial charge in [-0.25, -0.2) is 0 Å². The summed E-state index contributed by atoms with van der Waals surface area (Å²) in [5.74, 6) is 1.44. The van der Waals surface area contributed by atoms with Crippen molar-refractivity contribution in [2.45, 2.75) is 63.8 Å². The van der Waals surface area contributed by atoms with Crippen LogP contribution in [0.4, 0.5) is 5.00 Å². The lowest BCUT2D eigenvalue weighted by molar-refractivity contribution is -0.113. The van der Waals surface area contributed by atoms with E-state index in [-0.39, 0.29) is 18.3 Å². The van der Waals surface area contributed by atoms with E-state index in [4.69, 9.17) is 4.74 Å². The van der Waals surface area contributed by atoms with E-state index in [0.29, 0.717) is 28.1 Å². The zero-order chi connectivity index (χ0) is 24.6. The van der Waals surface area contributed by atoms with Gasteiger partial charge in [0.1, 0.15) is 23.4 Å². The standard InChI is InChI=1S/C26H29N5O2S2/c1-3-14-31-23(16-33-19-12-10-18(4-2)11-13-19)29-30-26(31)34-17-24(32)28-25-21(15-27)20-8-6-5-7-9-22(20)35-25/h3,10-13H,1,4-9,14,16-17H2,2H3,(H,28,32). The molecule has 9 heteroatoms. The minimum absolute atomic E-state index is 0.162. The van der Waals surface area contributed by atoms with Gasteiger partial charge in [0.25, 0.3) is 0 Å². The van der Waals surface area contributed by atoms with Crippen molar-refractivity contribution in [2.24, 2.45) is 0 Å². The first-order valence-corrected chi connectivity index (χ1v) is 13.6. The third kappa shape index (κ3) is 6.13. The number of carbonyl (C=O) groups excluding carboxylic acids is 1. The average molecular weight is 508 g/mol. The first-order valence-electron chi connectivity index (χ1n) is 11.8. The van der Waals surface area contributed by atoms with Crippen molar-refractivity contribution in [1.82, 2.24) is 14.8 Å². The molecule has 0 spiro atoms. The summed E-state index contributed by atoms with van der Waals surface area (Å²) >= 11 is 2.85. The largest absolute Gasteiger partial charge is 0.486 e. The number of hydrogen-bond donors (Lipinski definition) is 1. The number of nitrogens with one attached hydrogen (secondary N) is 1. The number of allylic oxidation sites excluding steroid dienone is 1. The molecular formula is C26H29N5O2S2. The van der Waals surface area contributed by atoms with Gasteiger partial charge < -0.3 is 10.1 Å². The summed E-state index contributed by atoms with van der Waals surface area (Å²) in [7, 11) is 0. The Morgan fingerprint density at radius 3 is 2.83 bits per heavy atom. The number of aryl methyl sites for hydroxylation is 2. The van der Waals surface area contributed by atoms with E-state index in [1.807, 2.05) is 28.8 Å². The number of thiophene rings is 1. The Morgan fingerprint density at radius 1 is 1.29 bits per heavy atom. The summed E-state index contributed by atoms with van der Waals surface area (Å²) < 4.78 is 7.80. The van der Waals surface area contributed by atoms with Crippen molar-refractivity contribution in [3.63, 3.8) is 0 Å². The molecule has 2 heterocycles. The number of benzene rings is 1. The number of nitrogens with zero attached hydrogens (tertiary/aromatic N) is 4. The fourth-order valence-electron chi connectivity index (χ4n) is 4.06. The van der Waals surface area contributed by atoms with Crippen LogP contribution in [0.15, 0.2) is 42.1 Å². The van der Waals surface area contributed by atoms with Crippen molar-refractivity contribution < 1.29 is 9.53 Å². The topological polar surface area (TPSA) is 92.8 Å². The van der Waals surface area contributed by atoms with Crippen molar-refractivity contribution in [3.05, 3.63) is 64.3 Å². The highest BCUT2D eigenvalue weighted by atomic mass is 32.2. The van der Waals surface area contributed by atoms with Crippen molar-refractivity contribution in [1.29, 1.82) is 5.26 Å². The number of rotatable bonds is 10. The van der Waals surface area contributed by atoms with Crippen LogP contribution in [0.25, 0.3) is 0 Å². The molecule has 0 bridgehead atoms. The summed E-state index contributed by atoms with van der Waals surface area (Å²) in [5, 5.41) is 22.5. The van der Waals surface area contributed by atoms with E-state index in [2.05, 4.69) is 35.1 Å². The summed E-state index contributed by atoms with van der Waals surface area (Å²) in [6.45, 7) is 6.73. The van der Waals surface area contributed by atoms with Gasteiger partial charge in [0.05, 0.1) is 11.3 Å². The van der Waals surface area contributed by atoms with Crippen molar-refractivity contribution in [3.8, 4) is 11.8 Å². The van der Waals surface area contributed by atoms with E-state index in [9.17, 15) is 10.1 Å². The molecule has 0 aliphatic heterocycles. The second-order valence-corrected chi connectivity index (χ2v) is 10.3. The van der Waals surface area contributed by atoms with Crippen LogP contribution in [0.2, 0.25) is 0 Å². The third-order valence-corrected chi connectivity index (χ3v) is 8.10. The SMILES string of the molecule is C=CCn1c(COc2ccc(CC)cc2)nnc1SCC(=O)Nc1sc2c(c1C#N)CCCCC2. The lowest BCUT2D eigenvalue weighted by Gasteiger charge is -2.09. The predicted molar refractivity (Wildman–Crippen MR) is 140 cm³/mol. The third-order valence-electron chi connectivity index (χ3n) is 5.92. The molecule has 7 nitrogen and oxygen atoms in total. The number of amides is 1. The number of hydrogen-bond acceptors (Lipinski definition) is 7. The molecule has 1 N–H and O–H groups in total. The van der Waals surface area contributed by atoms with Gasteiger partial charge in [0, 0.05) is 11.4 Å². The Kier molecular flexibility index (Phi) is 8.61. The van der Waals surface area contributed by atoms with Crippen LogP contribution in [0.1, 0.15) is 53.6 Å². The molecule has 1 aliphatic rings. The Hall–Kier alpha value is -3.09. The normalized spacial score (nSPS) is 12.9. The number of anilines is 1. The molecule has 3 aromatic rings. The molecule has 0 fully saturated rings. The van der Waals surface area contributed by atoms with Gasteiger partial charge in [-0.1, -0.05) is 43.3 Å². The summed E-state index contributed by atoms with van der Waals surface area (Å²) in [5.41, 5.74) is 3.01. The molecule has 182 valence electrons. The lowest BCUT2D eigenvalue weighted by atomic mass is 10.1. The fourth-order valence-corrected chi connectivity index (χ4v) is 6.08. The fraction of sp³-hybridized carbons (Fsp3) is 0.385. The molecule has 4 rings (SSSR count). The van der Waals surface area contributed by atoms with Crippen LogP contribution in [-0.4, -0.2) is 26.4 Å². The molecule has 0 saturated carbocycles. The lowest BCUT2D eigenvalue weighted by Crippen LogP contribution is -2.15. The van der Waals surface area contributed by atoms with Crippen LogP contribution >= 0.6 is 23.1 Å². The first kappa shape index (κ1) is 25.0. The molecule has 0 saturated heterocycles. The minimum atomic E-state index is -0.162. The highest BCUT2D eigenvalue weighted by molar-refractivity contribution is 7.99. The van der Waals surface area contributed by atoms with E-state index in [1.165, 1.54) is 28.6 Å². The number of fused-ring (bicyclic) bond motifs is 1. The van der Waals surface area contributed by atoms with Gasteiger partial charge in [0.15, 0.2) is 11.0 Å². The molecule has 0 radical (unpaired) electrons. The molecular weight excluding hydrogens is 478 g/mol. The molecule has 1 aromatic carbocycles. The van der Waals surface area contributed by atoms with Gasteiger partial charge in [-0.15, -0.1) is 28.1 Å². The van der Waals surface area contributed by atoms with Crippen LogP contribution in [0, 0.1) is 11.3 Å². The van der Waals surface area contributed by atoms with Crippen LogP contribution in [-0.2, 0) is 37.2 Å². The van der Waals surface area contributed by atoms with Gasteiger partial charge in [-0.3, -0.25) is 9.36 Å². The van der Waals surface area contributed by atoms with Crippen LogP contribution < -0.4 is 10.1 Å². The zero-order valence-electron chi connectivity index (χ0n) is 19.9. The van der Waals surface area contributed by atoms with Crippen molar-refractivity contribution in [2.75, 3.05) is 11.1 Å². The quantitative estimate of drug-likeness (QED) is 0.220. The van der Waals surface area contributed by atoms with E-state index >= 15 is 0 Å². The molecule has 2 aromatic heterocycles. The highest BCUT2D eigenvalue weighted by Crippen LogP contribution is 2.37. The maximum Gasteiger partial charge on any atom is 0.235 e. The summed E-state index contributed by atoms with van der Waals surface area (Å²) in [6.07, 6.45) is 8.07. The Labute approximate surface area is 214 Å². The second kappa shape index (κ2) is 12.0. The number of ether oxygens (including phenoxy) is 1. The van der Waals surface area contributed by atoms with E-state index < -0.39 is 0 Å². The number of carbonyl (C=O) groups is 1. The van der Waals surface area contributed by atoms with E-state index in [1.54, 1.807) is 17.4 Å². The smallest absolute Gasteiger partial charge is 0.235 e. The summed E-state index contributed by atoms with van der Waals surface area (Å²) in [6, 6.07) is 10.3. The monoisotopic (exact) mass is 507 g/mol. The maximum atomic E-state index is 12.7. The Bertz CT molecular complexity index is 1220. The summed E-state index contributed by atoms with van der Waals surface area (Å²) in [4.78, 5) is 14.0. The maximum absolute atomic E-state index is 12.7. The molecule has 0 unspecified atom stereocenters. The zero-order valence-corrected chi connectivity index (χ0v) is 21.5. The van der Waals surface area contributed by atoms with E-state index in [0.717, 1.165) is 43.4 Å². The predicted octanol–water partition coefficient (Wildman–Crippen LogP) is 5.54. The number of nitriles is 1. The Balaban J connectivity index is 1.38. The molecule has 1 amide bonds. The van der Waals surface area contributed by atoms with Crippen molar-refractivity contribution >= 4 is 34.0 Å².